The van der Waals surface area contributed by atoms with Gasteiger partial charge in [0.2, 0.25) is 0 Å². The van der Waals surface area contributed by atoms with Gasteiger partial charge in [-0.2, -0.15) is 11.8 Å². The molecule has 84 valence electrons. The van der Waals surface area contributed by atoms with E-state index < -0.39 is 0 Å². The molecule has 1 fully saturated rings. The second-order valence-electron chi connectivity index (χ2n) is 4.15. The molecule has 1 saturated heterocycles. The maximum Gasteiger partial charge on any atom is 0.0172 e. The molecule has 0 radical (unpaired) electrons. The highest BCUT2D eigenvalue weighted by molar-refractivity contribution is 8.00. The van der Waals surface area contributed by atoms with Crippen molar-refractivity contribution in [2.24, 2.45) is 0 Å². The largest absolute Gasteiger partial charge is 0.315 e. The summed E-state index contributed by atoms with van der Waals surface area (Å²) >= 11 is 2.13. The molecule has 2 N–H and O–H groups in total. The van der Waals surface area contributed by atoms with Gasteiger partial charge in [-0.15, -0.1) is 0 Å². The van der Waals surface area contributed by atoms with Crippen LogP contribution in [-0.2, 0) is 0 Å². The SMILES string of the molecule is CCCNCC(C)NCC1CCCS1. The van der Waals surface area contributed by atoms with Crippen LogP contribution in [0.15, 0.2) is 0 Å². The molecule has 2 nitrogen and oxygen atoms in total. The van der Waals surface area contributed by atoms with E-state index in [4.69, 9.17) is 0 Å². The molecule has 1 aliphatic heterocycles. The lowest BCUT2D eigenvalue weighted by molar-refractivity contribution is 0.497. The summed E-state index contributed by atoms with van der Waals surface area (Å²) in [5.74, 6) is 1.37. The second-order valence-corrected chi connectivity index (χ2v) is 5.56. The van der Waals surface area contributed by atoms with Crippen LogP contribution in [0.3, 0.4) is 0 Å². The first-order chi connectivity index (χ1) is 6.83. The zero-order valence-electron chi connectivity index (χ0n) is 9.51. The molecule has 1 rings (SSSR count). The van der Waals surface area contributed by atoms with E-state index in [1.807, 2.05) is 0 Å². The Kier molecular flexibility index (Phi) is 6.65. The quantitative estimate of drug-likeness (QED) is 0.635. The molecule has 2 unspecified atom stereocenters. The molecule has 0 aromatic carbocycles. The number of hydrogen-bond donors (Lipinski definition) is 2. The number of hydrogen-bond acceptors (Lipinski definition) is 3. The third kappa shape index (κ3) is 5.23. The highest BCUT2D eigenvalue weighted by atomic mass is 32.2. The van der Waals surface area contributed by atoms with Crippen molar-refractivity contribution in [1.82, 2.24) is 10.6 Å². The predicted molar refractivity (Wildman–Crippen MR) is 66.1 cm³/mol. The average Bonchev–Trinajstić information content (AvgIpc) is 2.68. The van der Waals surface area contributed by atoms with Crippen molar-refractivity contribution < 1.29 is 0 Å². The molecule has 2 atom stereocenters. The molecule has 0 aliphatic carbocycles. The van der Waals surface area contributed by atoms with Crippen molar-refractivity contribution in [2.75, 3.05) is 25.4 Å². The first kappa shape index (κ1) is 12.3. The van der Waals surface area contributed by atoms with E-state index in [2.05, 4.69) is 36.2 Å². The maximum atomic E-state index is 3.60. The fourth-order valence-corrected chi connectivity index (χ4v) is 2.92. The monoisotopic (exact) mass is 216 g/mol. The van der Waals surface area contributed by atoms with Crippen LogP contribution in [0.1, 0.15) is 33.1 Å². The van der Waals surface area contributed by atoms with E-state index in [9.17, 15) is 0 Å². The van der Waals surface area contributed by atoms with Crippen molar-refractivity contribution in [3.63, 3.8) is 0 Å². The molecule has 3 heteroatoms. The molecular formula is C11H24N2S. The summed E-state index contributed by atoms with van der Waals surface area (Å²) in [4.78, 5) is 0. The summed E-state index contributed by atoms with van der Waals surface area (Å²) in [6.45, 7) is 7.91. The standard InChI is InChI=1S/C11H24N2S/c1-3-6-12-8-10(2)13-9-11-5-4-7-14-11/h10-13H,3-9H2,1-2H3. The Morgan fingerprint density at radius 3 is 3.00 bits per heavy atom. The third-order valence-electron chi connectivity index (χ3n) is 2.60. The van der Waals surface area contributed by atoms with Gasteiger partial charge in [0.25, 0.3) is 0 Å². The van der Waals surface area contributed by atoms with Crippen LogP contribution in [0.2, 0.25) is 0 Å². The van der Waals surface area contributed by atoms with Gasteiger partial charge in [-0.1, -0.05) is 6.92 Å². The minimum Gasteiger partial charge on any atom is -0.315 e. The summed E-state index contributed by atoms with van der Waals surface area (Å²) in [5, 5.41) is 7.92. The molecule has 0 saturated carbocycles. The lowest BCUT2D eigenvalue weighted by atomic mass is 10.2. The van der Waals surface area contributed by atoms with Crippen molar-refractivity contribution in [1.29, 1.82) is 0 Å². The summed E-state index contributed by atoms with van der Waals surface area (Å²) in [5.41, 5.74) is 0. The number of nitrogens with one attached hydrogen (secondary N) is 2. The third-order valence-corrected chi connectivity index (χ3v) is 3.99. The van der Waals surface area contributed by atoms with Gasteiger partial charge in [0.1, 0.15) is 0 Å². The lowest BCUT2D eigenvalue weighted by Gasteiger charge is -2.17. The van der Waals surface area contributed by atoms with Crippen LogP contribution in [0, 0.1) is 0 Å². The molecule has 1 heterocycles. The van der Waals surface area contributed by atoms with Crippen LogP contribution >= 0.6 is 11.8 Å². The van der Waals surface area contributed by atoms with Crippen LogP contribution in [0.5, 0.6) is 0 Å². The fourth-order valence-electron chi connectivity index (χ4n) is 1.71. The van der Waals surface area contributed by atoms with Gasteiger partial charge >= 0.3 is 0 Å². The minimum atomic E-state index is 0.614. The van der Waals surface area contributed by atoms with E-state index in [1.54, 1.807) is 0 Å². The normalized spacial score (nSPS) is 24.0. The molecular weight excluding hydrogens is 192 g/mol. The molecule has 0 bridgehead atoms. The Bertz CT molecular complexity index is 135. The Morgan fingerprint density at radius 2 is 2.36 bits per heavy atom. The van der Waals surface area contributed by atoms with Crippen molar-refractivity contribution in [3.8, 4) is 0 Å². The zero-order valence-corrected chi connectivity index (χ0v) is 10.3. The molecule has 0 aromatic rings. The van der Waals surface area contributed by atoms with Gasteiger partial charge in [-0.3, -0.25) is 0 Å². The summed E-state index contributed by atoms with van der Waals surface area (Å²) in [6, 6.07) is 0.614. The van der Waals surface area contributed by atoms with E-state index in [-0.39, 0.29) is 0 Å². The lowest BCUT2D eigenvalue weighted by Crippen LogP contribution is -2.39. The zero-order chi connectivity index (χ0) is 10.2. The molecule has 0 amide bonds. The topological polar surface area (TPSA) is 24.1 Å². The van der Waals surface area contributed by atoms with Crippen LogP contribution in [0.4, 0.5) is 0 Å². The Morgan fingerprint density at radius 1 is 1.50 bits per heavy atom. The van der Waals surface area contributed by atoms with Gasteiger partial charge in [-0.05, 0) is 38.5 Å². The second kappa shape index (κ2) is 7.55. The number of rotatable bonds is 7. The van der Waals surface area contributed by atoms with Gasteiger partial charge in [0.05, 0.1) is 0 Å². The Balaban J connectivity index is 1.93. The molecule has 1 aliphatic rings. The van der Waals surface area contributed by atoms with Gasteiger partial charge in [0.15, 0.2) is 0 Å². The smallest absolute Gasteiger partial charge is 0.0172 e. The van der Waals surface area contributed by atoms with Gasteiger partial charge in [-0.25, -0.2) is 0 Å². The van der Waals surface area contributed by atoms with Crippen LogP contribution < -0.4 is 10.6 Å². The maximum absolute atomic E-state index is 3.60. The van der Waals surface area contributed by atoms with Gasteiger partial charge in [0, 0.05) is 24.4 Å². The van der Waals surface area contributed by atoms with Crippen molar-refractivity contribution in [2.45, 2.75) is 44.4 Å². The van der Waals surface area contributed by atoms with Crippen LogP contribution in [0.25, 0.3) is 0 Å². The predicted octanol–water partition coefficient (Wildman–Crippen LogP) is 1.86. The fraction of sp³-hybridized carbons (Fsp3) is 1.00. The highest BCUT2D eigenvalue weighted by Gasteiger charge is 2.15. The first-order valence-electron chi connectivity index (χ1n) is 5.88. The average molecular weight is 216 g/mol. The van der Waals surface area contributed by atoms with Crippen molar-refractivity contribution in [3.05, 3.63) is 0 Å². The summed E-state index contributed by atoms with van der Waals surface area (Å²) < 4.78 is 0. The van der Waals surface area contributed by atoms with E-state index in [0.717, 1.165) is 18.3 Å². The van der Waals surface area contributed by atoms with Crippen molar-refractivity contribution >= 4 is 11.8 Å². The van der Waals surface area contributed by atoms with E-state index >= 15 is 0 Å². The Hall–Kier alpha value is 0.270. The van der Waals surface area contributed by atoms with Gasteiger partial charge < -0.3 is 10.6 Å². The van der Waals surface area contributed by atoms with E-state index in [0.29, 0.717) is 6.04 Å². The highest BCUT2D eigenvalue weighted by Crippen LogP contribution is 2.25. The van der Waals surface area contributed by atoms with E-state index in [1.165, 1.54) is 31.6 Å². The van der Waals surface area contributed by atoms with Crippen LogP contribution in [-0.4, -0.2) is 36.7 Å². The molecule has 0 aromatic heterocycles. The summed E-state index contributed by atoms with van der Waals surface area (Å²) in [6.07, 6.45) is 4.05. The first-order valence-corrected chi connectivity index (χ1v) is 6.93. The number of thioether (sulfide) groups is 1. The molecule has 0 spiro atoms. The molecule has 14 heavy (non-hydrogen) atoms. The minimum absolute atomic E-state index is 0.614. The summed E-state index contributed by atoms with van der Waals surface area (Å²) in [7, 11) is 0. The Labute approximate surface area is 92.6 Å².